The van der Waals surface area contributed by atoms with Gasteiger partial charge in [-0.25, -0.2) is 4.98 Å². The first-order chi connectivity index (χ1) is 11.4. The van der Waals surface area contributed by atoms with Gasteiger partial charge in [-0.2, -0.15) is 0 Å². The van der Waals surface area contributed by atoms with Crippen LogP contribution in [-0.2, 0) is 11.3 Å². The average molecular weight is 391 g/mol. The fourth-order valence-corrected chi connectivity index (χ4v) is 2.75. The molecule has 0 atom stereocenters. The molecule has 0 aliphatic carbocycles. The zero-order valence-corrected chi connectivity index (χ0v) is 13.7. The number of carbonyl (C=O) groups is 1. The summed E-state index contributed by atoms with van der Waals surface area (Å²) in [5.74, 6) is -1.66. The number of nitrogens with zero attached hydrogens (tertiary/aromatic N) is 2. The molecule has 3 N–H and O–H groups in total. The van der Waals surface area contributed by atoms with Crippen LogP contribution in [0.15, 0.2) is 45.7 Å². The Bertz CT molecular complexity index is 1030. The highest BCUT2D eigenvalue weighted by molar-refractivity contribution is 9.10. The molecule has 0 fully saturated rings. The minimum absolute atomic E-state index is 0.0939. The molecule has 1 heterocycles. The fraction of sp³-hybridized carbons (Fsp3) is 0.0625. The van der Waals surface area contributed by atoms with E-state index in [4.69, 9.17) is 5.11 Å². The smallest absolute Gasteiger partial charge is 0.323 e. The summed E-state index contributed by atoms with van der Waals surface area (Å²) in [7, 11) is 0. The maximum atomic E-state index is 12.7. The summed E-state index contributed by atoms with van der Waals surface area (Å²) < 4.78 is 1.76. The number of aliphatic carboxylic acids is 1. The van der Waals surface area contributed by atoms with Crippen molar-refractivity contribution in [3.05, 3.63) is 51.2 Å². The molecule has 24 heavy (non-hydrogen) atoms. The van der Waals surface area contributed by atoms with Crippen LogP contribution in [0.1, 0.15) is 0 Å². The SMILES string of the molecule is O=C(O)Cn1c(=O)c(-c2ccc(O)cc2O)nc2ccc(Br)cc21. The Labute approximate surface area is 143 Å². The Balaban J connectivity index is 2.37. The van der Waals surface area contributed by atoms with Crippen LogP contribution in [0.25, 0.3) is 22.3 Å². The van der Waals surface area contributed by atoms with E-state index in [2.05, 4.69) is 20.9 Å². The first-order valence-electron chi connectivity index (χ1n) is 6.81. The molecule has 8 heteroatoms. The van der Waals surface area contributed by atoms with Crippen molar-refractivity contribution in [2.75, 3.05) is 0 Å². The lowest BCUT2D eigenvalue weighted by Gasteiger charge is -2.12. The van der Waals surface area contributed by atoms with Crippen molar-refractivity contribution in [2.24, 2.45) is 0 Å². The Morgan fingerprint density at radius 3 is 2.58 bits per heavy atom. The fourth-order valence-electron chi connectivity index (χ4n) is 2.40. The van der Waals surface area contributed by atoms with Gasteiger partial charge in [0.25, 0.3) is 5.56 Å². The molecule has 122 valence electrons. The number of aromatic hydroxyl groups is 2. The first-order valence-corrected chi connectivity index (χ1v) is 7.60. The summed E-state index contributed by atoms with van der Waals surface area (Å²) in [6.45, 7) is -0.542. The third-order valence-corrected chi connectivity index (χ3v) is 3.93. The number of rotatable bonds is 3. The summed E-state index contributed by atoms with van der Waals surface area (Å²) in [5, 5.41) is 28.5. The lowest BCUT2D eigenvalue weighted by atomic mass is 10.1. The Hall–Kier alpha value is -2.87. The van der Waals surface area contributed by atoms with E-state index in [-0.39, 0.29) is 22.8 Å². The van der Waals surface area contributed by atoms with Gasteiger partial charge in [-0.15, -0.1) is 0 Å². The number of fused-ring (bicyclic) bond motifs is 1. The van der Waals surface area contributed by atoms with E-state index in [1.807, 2.05) is 0 Å². The van der Waals surface area contributed by atoms with Gasteiger partial charge in [0.05, 0.1) is 11.0 Å². The molecular formula is C16H11BrN2O5. The number of carboxylic acid groups (broad SMARTS) is 1. The largest absolute Gasteiger partial charge is 0.508 e. The molecule has 0 saturated carbocycles. The first kappa shape index (κ1) is 16.0. The van der Waals surface area contributed by atoms with Crippen LogP contribution in [0.3, 0.4) is 0 Å². The second kappa shape index (κ2) is 5.97. The van der Waals surface area contributed by atoms with Crippen LogP contribution < -0.4 is 5.56 Å². The van der Waals surface area contributed by atoms with Gasteiger partial charge in [-0.1, -0.05) is 15.9 Å². The number of hydrogen-bond acceptors (Lipinski definition) is 5. The minimum atomic E-state index is -1.18. The third kappa shape index (κ3) is 2.83. The van der Waals surface area contributed by atoms with Gasteiger partial charge in [0, 0.05) is 16.1 Å². The van der Waals surface area contributed by atoms with E-state index in [0.29, 0.717) is 15.5 Å². The van der Waals surface area contributed by atoms with Crippen LogP contribution in [-0.4, -0.2) is 30.8 Å². The Kier molecular flexibility index (Phi) is 3.98. The van der Waals surface area contributed by atoms with Crippen molar-refractivity contribution < 1.29 is 20.1 Å². The van der Waals surface area contributed by atoms with Crippen LogP contribution >= 0.6 is 15.9 Å². The molecule has 0 spiro atoms. The monoisotopic (exact) mass is 390 g/mol. The molecular weight excluding hydrogens is 380 g/mol. The average Bonchev–Trinajstić information content (AvgIpc) is 2.50. The standard InChI is InChI=1S/C16H11BrN2O5/c17-8-1-4-11-12(5-8)19(7-14(22)23)16(24)15(18-11)10-3-2-9(20)6-13(10)21/h1-6,20-21H,7H2,(H,22,23). The maximum Gasteiger partial charge on any atom is 0.323 e. The van der Waals surface area contributed by atoms with E-state index in [9.17, 15) is 19.8 Å². The van der Waals surface area contributed by atoms with Crippen molar-refractivity contribution in [3.8, 4) is 22.8 Å². The van der Waals surface area contributed by atoms with Crippen LogP contribution in [0.4, 0.5) is 0 Å². The predicted molar refractivity (Wildman–Crippen MR) is 90.1 cm³/mol. The van der Waals surface area contributed by atoms with Crippen LogP contribution in [0, 0.1) is 0 Å². The Morgan fingerprint density at radius 1 is 1.17 bits per heavy atom. The highest BCUT2D eigenvalue weighted by Gasteiger charge is 2.17. The molecule has 0 amide bonds. The van der Waals surface area contributed by atoms with Crippen molar-refractivity contribution in [1.82, 2.24) is 9.55 Å². The summed E-state index contributed by atoms with van der Waals surface area (Å²) in [5.41, 5.74) is 0.134. The molecule has 1 aromatic heterocycles. The normalized spacial score (nSPS) is 10.9. The summed E-state index contributed by atoms with van der Waals surface area (Å²) >= 11 is 3.28. The minimum Gasteiger partial charge on any atom is -0.508 e. The van der Waals surface area contributed by atoms with Gasteiger partial charge < -0.3 is 15.3 Å². The van der Waals surface area contributed by atoms with E-state index in [1.165, 1.54) is 12.1 Å². The van der Waals surface area contributed by atoms with Crippen molar-refractivity contribution in [3.63, 3.8) is 0 Å². The molecule has 0 unspecified atom stereocenters. The number of phenols is 2. The number of carboxylic acids is 1. The number of phenolic OH excluding ortho intramolecular Hbond substituents is 2. The summed E-state index contributed by atoms with van der Waals surface area (Å²) in [4.78, 5) is 28.1. The molecule has 3 rings (SSSR count). The van der Waals surface area contributed by atoms with E-state index < -0.39 is 18.1 Å². The van der Waals surface area contributed by atoms with E-state index in [0.717, 1.165) is 10.6 Å². The van der Waals surface area contributed by atoms with Gasteiger partial charge in [0.2, 0.25) is 0 Å². The highest BCUT2D eigenvalue weighted by atomic mass is 79.9. The van der Waals surface area contributed by atoms with Gasteiger partial charge in [0.15, 0.2) is 0 Å². The van der Waals surface area contributed by atoms with Crippen molar-refractivity contribution in [1.29, 1.82) is 0 Å². The molecule has 0 radical (unpaired) electrons. The zero-order chi connectivity index (χ0) is 17.4. The number of benzene rings is 2. The highest BCUT2D eigenvalue weighted by Crippen LogP contribution is 2.30. The second-order valence-corrected chi connectivity index (χ2v) is 6.00. The van der Waals surface area contributed by atoms with Crippen LogP contribution in [0.5, 0.6) is 11.5 Å². The van der Waals surface area contributed by atoms with Crippen LogP contribution in [0.2, 0.25) is 0 Å². The summed E-state index contributed by atoms with van der Waals surface area (Å²) in [6.07, 6.45) is 0. The third-order valence-electron chi connectivity index (χ3n) is 3.44. The molecule has 0 saturated heterocycles. The van der Waals surface area contributed by atoms with Gasteiger partial charge in [-0.3, -0.25) is 14.2 Å². The topological polar surface area (TPSA) is 113 Å². The second-order valence-electron chi connectivity index (χ2n) is 5.08. The summed E-state index contributed by atoms with van der Waals surface area (Å²) in [6, 6.07) is 8.70. The number of aromatic nitrogens is 2. The van der Waals surface area contributed by atoms with Crippen molar-refractivity contribution >= 4 is 32.9 Å². The lowest BCUT2D eigenvalue weighted by Crippen LogP contribution is -2.27. The number of hydrogen-bond donors (Lipinski definition) is 3. The Morgan fingerprint density at radius 2 is 1.92 bits per heavy atom. The molecule has 7 nitrogen and oxygen atoms in total. The molecule has 0 aliphatic heterocycles. The zero-order valence-electron chi connectivity index (χ0n) is 12.1. The lowest BCUT2D eigenvalue weighted by molar-refractivity contribution is -0.137. The maximum absolute atomic E-state index is 12.7. The van der Waals surface area contributed by atoms with E-state index in [1.54, 1.807) is 18.2 Å². The van der Waals surface area contributed by atoms with Gasteiger partial charge in [0.1, 0.15) is 23.7 Å². The van der Waals surface area contributed by atoms with E-state index >= 15 is 0 Å². The molecule has 2 aromatic carbocycles. The molecule has 0 aliphatic rings. The molecule has 3 aromatic rings. The molecule has 0 bridgehead atoms. The van der Waals surface area contributed by atoms with Gasteiger partial charge >= 0.3 is 5.97 Å². The predicted octanol–water partition coefficient (Wildman–Crippen LogP) is 2.32. The quantitative estimate of drug-likeness (QED) is 0.632. The van der Waals surface area contributed by atoms with Crippen molar-refractivity contribution in [2.45, 2.75) is 6.54 Å². The van der Waals surface area contributed by atoms with Gasteiger partial charge in [-0.05, 0) is 30.3 Å². The number of halogens is 1.